The third kappa shape index (κ3) is 4.44. The van der Waals surface area contributed by atoms with Gasteiger partial charge in [0.05, 0.1) is 0 Å². The van der Waals surface area contributed by atoms with Gasteiger partial charge < -0.3 is 15.0 Å². The smallest absolute Gasteiger partial charge is 0.0472 e. The minimum Gasteiger partial charge on any atom is -0.381 e. The second-order valence-electron chi connectivity index (χ2n) is 6.64. The van der Waals surface area contributed by atoms with E-state index in [0.29, 0.717) is 5.41 Å². The van der Waals surface area contributed by atoms with Crippen LogP contribution in [0.5, 0.6) is 0 Å². The van der Waals surface area contributed by atoms with Crippen LogP contribution in [0.4, 0.5) is 0 Å². The quantitative estimate of drug-likeness (QED) is 0.718. The monoisotopic (exact) mass is 268 g/mol. The zero-order valence-corrected chi connectivity index (χ0v) is 12.9. The number of ether oxygens (including phenoxy) is 1. The first-order valence-corrected chi connectivity index (χ1v) is 8.24. The van der Waals surface area contributed by atoms with Crippen molar-refractivity contribution in [2.45, 2.75) is 57.9 Å². The van der Waals surface area contributed by atoms with Crippen molar-refractivity contribution in [2.24, 2.45) is 5.41 Å². The summed E-state index contributed by atoms with van der Waals surface area (Å²) in [4.78, 5) is 2.64. The van der Waals surface area contributed by atoms with Crippen LogP contribution in [0.2, 0.25) is 0 Å². The largest absolute Gasteiger partial charge is 0.381 e. The van der Waals surface area contributed by atoms with Crippen molar-refractivity contribution in [2.75, 3.05) is 39.9 Å². The van der Waals surface area contributed by atoms with Crippen molar-refractivity contribution in [3.05, 3.63) is 0 Å². The molecule has 3 nitrogen and oxygen atoms in total. The van der Waals surface area contributed by atoms with Crippen LogP contribution in [0, 0.1) is 5.41 Å². The van der Waals surface area contributed by atoms with Crippen LogP contribution in [0.25, 0.3) is 0 Å². The van der Waals surface area contributed by atoms with Crippen LogP contribution >= 0.6 is 0 Å². The summed E-state index contributed by atoms with van der Waals surface area (Å²) in [7, 11) is 2.34. The third-order valence-corrected chi connectivity index (χ3v) is 5.01. The molecule has 1 saturated heterocycles. The van der Waals surface area contributed by atoms with Gasteiger partial charge in [-0.05, 0) is 51.1 Å². The maximum atomic E-state index is 5.59. The van der Waals surface area contributed by atoms with E-state index in [0.717, 1.165) is 25.8 Å². The van der Waals surface area contributed by atoms with Gasteiger partial charge in [0, 0.05) is 32.3 Å². The van der Waals surface area contributed by atoms with Gasteiger partial charge in [-0.15, -0.1) is 0 Å². The van der Waals surface area contributed by atoms with Crippen molar-refractivity contribution < 1.29 is 4.74 Å². The number of nitrogens with one attached hydrogen (secondary N) is 1. The Morgan fingerprint density at radius 1 is 1.21 bits per heavy atom. The molecule has 0 radical (unpaired) electrons. The van der Waals surface area contributed by atoms with Gasteiger partial charge in [0.15, 0.2) is 0 Å². The topological polar surface area (TPSA) is 24.5 Å². The number of rotatable bonds is 7. The molecule has 112 valence electrons. The predicted octanol–water partition coefficient (Wildman–Crippen LogP) is 2.66. The number of hydrogen-bond donors (Lipinski definition) is 1. The molecule has 0 atom stereocenters. The van der Waals surface area contributed by atoms with Crippen LogP contribution < -0.4 is 5.32 Å². The van der Waals surface area contributed by atoms with Crippen molar-refractivity contribution in [1.82, 2.24) is 10.2 Å². The van der Waals surface area contributed by atoms with Gasteiger partial charge in [0.2, 0.25) is 0 Å². The van der Waals surface area contributed by atoms with Crippen molar-refractivity contribution in [3.63, 3.8) is 0 Å². The molecule has 3 heteroatoms. The highest BCUT2D eigenvalue weighted by molar-refractivity contribution is 4.89. The SMILES string of the molecule is CCCNCC1(CN(C)C2CCCC2)CCOCC1. The second kappa shape index (κ2) is 7.61. The molecule has 2 fully saturated rings. The number of hydrogen-bond acceptors (Lipinski definition) is 3. The first kappa shape index (κ1) is 15.3. The maximum Gasteiger partial charge on any atom is 0.0472 e. The summed E-state index contributed by atoms with van der Waals surface area (Å²) < 4.78 is 5.59. The van der Waals surface area contributed by atoms with Crippen LogP contribution in [0.15, 0.2) is 0 Å². The summed E-state index contributed by atoms with van der Waals surface area (Å²) in [5.41, 5.74) is 0.449. The first-order valence-electron chi connectivity index (χ1n) is 8.24. The second-order valence-corrected chi connectivity index (χ2v) is 6.64. The molecule has 2 aliphatic rings. The van der Waals surface area contributed by atoms with Gasteiger partial charge in [-0.1, -0.05) is 19.8 Å². The summed E-state index contributed by atoms with van der Waals surface area (Å²) in [5, 5.41) is 3.66. The van der Waals surface area contributed by atoms with Crippen LogP contribution in [-0.2, 0) is 4.74 Å². The Labute approximate surface area is 119 Å². The molecule has 1 N–H and O–H groups in total. The molecule has 2 rings (SSSR count). The molecule has 19 heavy (non-hydrogen) atoms. The van der Waals surface area contributed by atoms with Crippen molar-refractivity contribution in [1.29, 1.82) is 0 Å². The molecular weight excluding hydrogens is 236 g/mol. The fourth-order valence-corrected chi connectivity index (χ4v) is 3.73. The summed E-state index contributed by atoms with van der Waals surface area (Å²) in [6, 6.07) is 0.839. The Morgan fingerprint density at radius 2 is 1.89 bits per heavy atom. The molecule has 0 spiro atoms. The number of nitrogens with zero attached hydrogens (tertiary/aromatic N) is 1. The molecule has 0 aromatic carbocycles. The lowest BCUT2D eigenvalue weighted by molar-refractivity contribution is -0.00621. The molecule has 1 heterocycles. The van der Waals surface area contributed by atoms with E-state index in [4.69, 9.17) is 4.74 Å². The van der Waals surface area contributed by atoms with Gasteiger partial charge in [-0.25, -0.2) is 0 Å². The average molecular weight is 268 g/mol. The normalized spacial score (nSPS) is 24.2. The Kier molecular flexibility index (Phi) is 6.11. The van der Waals surface area contributed by atoms with Gasteiger partial charge in [-0.3, -0.25) is 0 Å². The molecule has 0 bridgehead atoms. The minimum absolute atomic E-state index is 0.449. The zero-order chi connectivity index (χ0) is 13.6. The Hall–Kier alpha value is -0.120. The van der Waals surface area contributed by atoms with Crippen molar-refractivity contribution >= 4 is 0 Å². The van der Waals surface area contributed by atoms with E-state index in [2.05, 4.69) is 24.2 Å². The molecule has 1 saturated carbocycles. The van der Waals surface area contributed by atoms with E-state index < -0.39 is 0 Å². The zero-order valence-electron chi connectivity index (χ0n) is 12.9. The van der Waals surface area contributed by atoms with Crippen molar-refractivity contribution in [3.8, 4) is 0 Å². The van der Waals surface area contributed by atoms with E-state index in [1.54, 1.807) is 0 Å². The van der Waals surface area contributed by atoms with Gasteiger partial charge >= 0.3 is 0 Å². The molecule has 0 unspecified atom stereocenters. The summed E-state index contributed by atoms with van der Waals surface area (Å²) >= 11 is 0. The highest BCUT2D eigenvalue weighted by Gasteiger charge is 2.35. The molecule has 0 amide bonds. The average Bonchev–Trinajstić information content (AvgIpc) is 2.94. The van der Waals surface area contributed by atoms with Gasteiger partial charge in [0.1, 0.15) is 0 Å². The Bertz CT molecular complexity index is 245. The minimum atomic E-state index is 0.449. The Balaban J connectivity index is 1.88. The standard InChI is InChI=1S/C16H32N2O/c1-3-10-17-13-16(8-11-19-12-9-16)14-18(2)15-6-4-5-7-15/h15,17H,3-14H2,1-2H3. The lowest BCUT2D eigenvalue weighted by atomic mass is 9.79. The fourth-order valence-electron chi connectivity index (χ4n) is 3.73. The lowest BCUT2D eigenvalue weighted by Crippen LogP contribution is -2.48. The highest BCUT2D eigenvalue weighted by Crippen LogP contribution is 2.33. The van der Waals surface area contributed by atoms with E-state index in [9.17, 15) is 0 Å². The molecule has 1 aliphatic heterocycles. The van der Waals surface area contributed by atoms with E-state index >= 15 is 0 Å². The molecule has 0 aromatic rings. The van der Waals surface area contributed by atoms with E-state index in [1.165, 1.54) is 58.0 Å². The van der Waals surface area contributed by atoms with Gasteiger partial charge in [-0.2, -0.15) is 0 Å². The fraction of sp³-hybridized carbons (Fsp3) is 1.00. The predicted molar refractivity (Wildman–Crippen MR) is 80.5 cm³/mol. The van der Waals surface area contributed by atoms with Crippen LogP contribution in [-0.4, -0.2) is 50.8 Å². The molecule has 1 aliphatic carbocycles. The Morgan fingerprint density at radius 3 is 2.53 bits per heavy atom. The first-order chi connectivity index (χ1) is 9.26. The summed E-state index contributed by atoms with van der Waals surface area (Å²) in [6.07, 6.45) is 9.35. The summed E-state index contributed by atoms with van der Waals surface area (Å²) in [5.74, 6) is 0. The molecular formula is C16H32N2O. The maximum absolute atomic E-state index is 5.59. The van der Waals surface area contributed by atoms with Crippen LogP contribution in [0.3, 0.4) is 0 Å². The third-order valence-electron chi connectivity index (χ3n) is 5.01. The van der Waals surface area contributed by atoms with Crippen LogP contribution in [0.1, 0.15) is 51.9 Å². The molecule has 0 aromatic heterocycles. The highest BCUT2D eigenvalue weighted by atomic mass is 16.5. The van der Waals surface area contributed by atoms with Gasteiger partial charge in [0.25, 0.3) is 0 Å². The lowest BCUT2D eigenvalue weighted by Gasteiger charge is -2.42. The van der Waals surface area contributed by atoms with E-state index in [-0.39, 0.29) is 0 Å². The van der Waals surface area contributed by atoms with E-state index in [1.807, 2.05) is 0 Å². The summed E-state index contributed by atoms with van der Waals surface area (Å²) in [6.45, 7) is 7.71.